The maximum absolute atomic E-state index is 12.4. The van der Waals surface area contributed by atoms with Gasteiger partial charge in [-0.05, 0) is 38.8 Å². The van der Waals surface area contributed by atoms with Crippen LogP contribution in [0.4, 0.5) is 5.69 Å². The molecule has 0 aromatic heterocycles. The van der Waals surface area contributed by atoms with Gasteiger partial charge in [0.25, 0.3) is 11.6 Å². The first-order chi connectivity index (χ1) is 10.6. The quantitative estimate of drug-likeness (QED) is 0.620. The maximum atomic E-state index is 12.4. The highest BCUT2D eigenvalue weighted by molar-refractivity contribution is 5.99. The molecule has 1 atom stereocenters. The Morgan fingerprint density at radius 1 is 1.13 bits per heavy atom. The van der Waals surface area contributed by atoms with Crippen LogP contribution in [0.15, 0.2) is 24.3 Å². The number of amides is 2. The van der Waals surface area contributed by atoms with Crippen molar-refractivity contribution in [3.05, 3.63) is 39.9 Å². The van der Waals surface area contributed by atoms with E-state index in [1.165, 1.54) is 24.3 Å². The van der Waals surface area contributed by atoms with Crippen LogP contribution in [0, 0.1) is 16.0 Å². The summed E-state index contributed by atoms with van der Waals surface area (Å²) in [5.74, 6) is -0.851. The molecule has 1 unspecified atom stereocenters. The first kappa shape index (κ1) is 18.6. The minimum atomic E-state index is -1.08. The molecule has 0 saturated carbocycles. The third-order valence-corrected chi connectivity index (χ3v) is 3.76. The third-order valence-electron chi connectivity index (χ3n) is 3.76. The van der Waals surface area contributed by atoms with E-state index in [0.29, 0.717) is 0 Å². The summed E-state index contributed by atoms with van der Waals surface area (Å²) in [7, 11) is 0. The van der Waals surface area contributed by atoms with Gasteiger partial charge in [-0.1, -0.05) is 13.8 Å². The number of nitrogens with one attached hydrogen (secondary N) is 2. The average molecular weight is 321 g/mol. The lowest BCUT2D eigenvalue weighted by Crippen LogP contribution is -2.60. The summed E-state index contributed by atoms with van der Waals surface area (Å²) in [6, 6.07) is 5.21. The van der Waals surface area contributed by atoms with E-state index in [4.69, 9.17) is 0 Å². The maximum Gasteiger partial charge on any atom is 0.269 e. The standard InChI is InChI=1S/C16H23N3O4/c1-10(2)16(5,15(21)17-11(3)4)18-14(20)12-6-8-13(9-7-12)19(22)23/h6-11H,1-5H3,(H,17,21)(H,18,20). The number of carbonyl (C=O) groups excluding carboxylic acids is 2. The summed E-state index contributed by atoms with van der Waals surface area (Å²) >= 11 is 0. The normalized spacial score (nSPS) is 13.5. The molecule has 0 aliphatic heterocycles. The van der Waals surface area contributed by atoms with Gasteiger partial charge < -0.3 is 10.6 Å². The molecule has 0 bridgehead atoms. The molecule has 7 heteroatoms. The molecule has 1 aromatic carbocycles. The summed E-state index contributed by atoms with van der Waals surface area (Å²) in [5, 5.41) is 16.2. The summed E-state index contributed by atoms with van der Waals surface area (Å²) in [4.78, 5) is 34.9. The van der Waals surface area contributed by atoms with Crippen LogP contribution in [-0.4, -0.2) is 28.3 Å². The fraction of sp³-hybridized carbons (Fsp3) is 0.500. The molecule has 0 fully saturated rings. The Labute approximate surface area is 135 Å². The van der Waals surface area contributed by atoms with Crippen molar-refractivity contribution in [3.8, 4) is 0 Å². The van der Waals surface area contributed by atoms with Crippen LogP contribution in [-0.2, 0) is 4.79 Å². The number of rotatable bonds is 6. The molecule has 0 spiro atoms. The Kier molecular flexibility index (Phi) is 5.84. The molecule has 0 aliphatic rings. The number of non-ortho nitro benzene ring substituents is 1. The van der Waals surface area contributed by atoms with Gasteiger partial charge in [0.1, 0.15) is 5.54 Å². The number of hydrogen-bond donors (Lipinski definition) is 2. The lowest BCUT2D eigenvalue weighted by atomic mass is 9.86. The van der Waals surface area contributed by atoms with Crippen LogP contribution >= 0.6 is 0 Å². The minimum Gasteiger partial charge on any atom is -0.352 e. The Bertz CT molecular complexity index is 596. The van der Waals surface area contributed by atoms with E-state index >= 15 is 0 Å². The molecule has 1 aromatic rings. The first-order valence-corrected chi connectivity index (χ1v) is 7.46. The fourth-order valence-electron chi connectivity index (χ4n) is 1.92. The van der Waals surface area contributed by atoms with Gasteiger partial charge in [-0.3, -0.25) is 19.7 Å². The monoisotopic (exact) mass is 321 g/mol. The van der Waals surface area contributed by atoms with Gasteiger partial charge in [-0.2, -0.15) is 0 Å². The van der Waals surface area contributed by atoms with E-state index in [9.17, 15) is 19.7 Å². The fourth-order valence-corrected chi connectivity index (χ4v) is 1.92. The number of nitrogens with zero attached hydrogens (tertiary/aromatic N) is 1. The second kappa shape index (κ2) is 7.21. The molecule has 1 rings (SSSR count). The summed E-state index contributed by atoms with van der Waals surface area (Å²) < 4.78 is 0. The Hall–Kier alpha value is -2.44. The van der Waals surface area contributed by atoms with Gasteiger partial charge in [0.2, 0.25) is 5.91 Å². The van der Waals surface area contributed by atoms with Crippen LogP contribution in [0.1, 0.15) is 45.0 Å². The zero-order valence-electron chi connectivity index (χ0n) is 14.0. The predicted molar refractivity (Wildman–Crippen MR) is 87.1 cm³/mol. The van der Waals surface area contributed by atoms with Crippen LogP contribution in [0.25, 0.3) is 0 Å². The summed E-state index contributed by atoms with van der Waals surface area (Å²) in [6.45, 7) is 9.04. The van der Waals surface area contributed by atoms with Crippen molar-refractivity contribution in [2.75, 3.05) is 0 Å². The molecular formula is C16H23N3O4. The Balaban J connectivity index is 2.97. The molecule has 126 valence electrons. The number of hydrogen-bond acceptors (Lipinski definition) is 4. The van der Waals surface area contributed by atoms with Gasteiger partial charge in [0.15, 0.2) is 0 Å². The highest BCUT2D eigenvalue weighted by Crippen LogP contribution is 2.19. The smallest absolute Gasteiger partial charge is 0.269 e. The molecule has 0 aliphatic carbocycles. The van der Waals surface area contributed by atoms with E-state index in [-0.39, 0.29) is 29.1 Å². The molecule has 0 heterocycles. The lowest BCUT2D eigenvalue weighted by Gasteiger charge is -2.34. The molecule has 2 N–H and O–H groups in total. The second-order valence-electron chi connectivity index (χ2n) is 6.24. The van der Waals surface area contributed by atoms with Crippen molar-refractivity contribution in [3.63, 3.8) is 0 Å². The van der Waals surface area contributed by atoms with Crippen LogP contribution in [0.2, 0.25) is 0 Å². The van der Waals surface area contributed by atoms with Crippen molar-refractivity contribution in [2.24, 2.45) is 5.92 Å². The predicted octanol–water partition coefficient (Wildman–Crippen LogP) is 2.26. The van der Waals surface area contributed by atoms with Crippen molar-refractivity contribution in [2.45, 2.75) is 46.2 Å². The molecule has 0 radical (unpaired) electrons. The number of nitro groups is 1. The number of carbonyl (C=O) groups is 2. The minimum absolute atomic E-state index is 0.0446. The first-order valence-electron chi connectivity index (χ1n) is 7.46. The van der Waals surface area contributed by atoms with Crippen molar-refractivity contribution < 1.29 is 14.5 Å². The van der Waals surface area contributed by atoms with E-state index < -0.39 is 16.4 Å². The molecular weight excluding hydrogens is 298 g/mol. The van der Waals surface area contributed by atoms with Crippen molar-refractivity contribution in [1.29, 1.82) is 0 Å². The molecule has 23 heavy (non-hydrogen) atoms. The van der Waals surface area contributed by atoms with E-state index in [1.54, 1.807) is 6.92 Å². The average Bonchev–Trinajstić information content (AvgIpc) is 2.46. The topological polar surface area (TPSA) is 101 Å². The van der Waals surface area contributed by atoms with Crippen molar-refractivity contribution >= 4 is 17.5 Å². The highest BCUT2D eigenvalue weighted by atomic mass is 16.6. The van der Waals surface area contributed by atoms with Crippen LogP contribution in [0.5, 0.6) is 0 Å². The highest BCUT2D eigenvalue weighted by Gasteiger charge is 2.38. The van der Waals surface area contributed by atoms with Gasteiger partial charge >= 0.3 is 0 Å². The lowest BCUT2D eigenvalue weighted by molar-refractivity contribution is -0.384. The zero-order chi connectivity index (χ0) is 17.8. The Morgan fingerprint density at radius 2 is 1.65 bits per heavy atom. The van der Waals surface area contributed by atoms with Crippen LogP contribution in [0.3, 0.4) is 0 Å². The van der Waals surface area contributed by atoms with Crippen LogP contribution < -0.4 is 10.6 Å². The summed E-state index contributed by atoms with van der Waals surface area (Å²) in [5.41, 5.74) is -0.908. The van der Waals surface area contributed by atoms with Gasteiger partial charge in [0, 0.05) is 23.7 Å². The van der Waals surface area contributed by atoms with E-state index in [2.05, 4.69) is 10.6 Å². The SMILES string of the molecule is CC(C)NC(=O)C(C)(NC(=O)c1ccc([N+](=O)[O-])cc1)C(C)C. The molecule has 7 nitrogen and oxygen atoms in total. The number of nitro benzene ring substituents is 1. The largest absolute Gasteiger partial charge is 0.352 e. The van der Waals surface area contributed by atoms with Gasteiger partial charge in [-0.25, -0.2) is 0 Å². The number of benzene rings is 1. The second-order valence-corrected chi connectivity index (χ2v) is 6.24. The van der Waals surface area contributed by atoms with E-state index in [0.717, 1.165) is 0 Å². The Morgan fingerprint density at radius 3 is 2.04 bits per heavy atom. The van der Waals surface area contributed by atoms with E-state index in [1.807, 2.05) is 27.7 Å². The zero-order valence-corrected chi connectivity index (χ0v) is 14.0. The summed E-state index contributed by atoms with van der Waals surface area (Å²) in [6.07, 6.45) is 0. The third kappa shape index (κ3) is 4.51. The van der Waals surface area contributed by atoms with Gasteiger partial charge in [-0.15, -0.1) is 0 Å². The van der Waals surface area contributed by atoms with Gasteiger partial charge in [0.05, 0.1) is 4.92 Å². The molecule has 0 saturated heterocycles. The molecule has 2 amide bonds. The van der Waals surface area contributed by atoms with Crippen molar-refractivity contribution in [1.82, 2.24) is 10.6 Å².